The smallest absolute Gasteiger partial charge is 0.256 e. The summed E-state index contributed by atoms with van der Waals surface area (Å²) in [6.45, 7) is 0. The summed E-state index contributed by atoms with van der Waals surface area (Å²) in [6, 6.07) is 10.3. The lowest BCUT2D eigenvalue weighted by Gasteiger charge is -1.83. The summed E-state index contributed by atoms with van der Waals surface area (Å²) in [4.78, 5) is 21.7. The number of carbonyl (C=O) groups excluding carboxylic acids is 2. The minimum atomic E-state index is -0.787. The van der Waals surface area contributed by atoms with Gasteiger partial charge < -0.3 is 4.98 Å². The lowest BCUT2D eigenvalue weighted by Crippen LogP contribution is -1.71. The van der Waals surface area contributed by atoms with E-state index in [0.29, 0.717) is 6.08 Å². The number of nitrogens with one attached hydrogen (secondary N) is 1. The minimum absolute atomic E-state index is 0.613. The third kappa shape index (κ3) is 3.81. The first-order valence-corrected chi connectivity index (χ1v) is 4.54. The van der Waals surface area contributed by atoms with Crippen LogP contribution in [0, 0.1) is 0 Å². The van der Waals surface area contributed by atoms with E-state index in [9.17, 15) is 4.79 Å². The average Bonchev–Trinajstić information content (AvgIpc) is 2.65. The highest BCUT2D eigenvalue weighted by atomic mass is 35.5. The molecule has 0 unspecified atom stereocenters. The molecule has 0 aliphatic rings. The molecular weight excluding hydrogens is 214 g/mol. The lowest BCUT2D eigenvalue weighted by molar-refractivity contribution is -0.107. The van der Waals surface area contributed by atoms with E-state index in [2.05, 4.69) is 34.8 Å². The quantitative estimate of drug-likeness (QED) is 0.456. The van der Waals surface area contributed by atoms with E-state index in [4.69, 9.17) is 4.79 Å². The Labute approximate surface area is 91.4 Å². The van der Waals surface area contributed by atoms with Crippen LogP contribution in [0.1, 0.15) is 0 Å². The highest BCUT2D eigenvalue weighted by Gasteiger charge is 1.86. The van der Waals surface area contributed by atoms with Crippen molar-refractivity contribution in [1.29, 1.82) is 0 Å². The van der Waals surface area contributed by atoms with Crippen molar-refractivity contribution in [2.24, 2.45) is 0 Å². The Morgan fingerprint density at radius 1 is 1.33 bits per heavy atom. The third-order valence-corrected chi connectivity index (χ3v) is 1.74. The zero-order valence-electron chi connectivity index (χ0n) is 7.74. The summed E-state index contributed by atoms with van der Waals surface area (Å²) in [7, 11) is 0. The summed E-state index contributed by atoms with van der Waals surface area (Å²) in [6.07, 6.45) is 2.56. The molecule has 1 aromatic carbocycles. The fraction of sp³-hybridized carbons (Fsp3) is 0. The maximum absolute atomic E-state index is 9.49. The van der Waals surface area contributed by atoms with Gasteiger partial charge in [-0.1, -0.05) is 18.2 Å². The SMILES string of the molecule is O=C=CC(=O)Cl.c1ccc2[nH]ccc2c1. The number of aromatic amines is 1. The standard InChI is InChI=1S/C8H7N.C3HClO2/c1-2-4-8-7(3-1)5-6-9-8;4-3(6)1-2-5/h1-6,9H;1H. The first-order valence-electron chi connectivity index (χ1n) is 4.16. The Balaban J connectivity index is 0.000000167. The van der Waals surface area contributed by atoms with E-state index in [1.807, 2.05) is 18.3 Å². The number of hydrogen-bond acceptors (Lipinski definition) is 2. The van der Waals surface area contributed by atoms with Crippen molar-refractivity contribution in [3.05, 3.63) is 42.6 Å². The fourth-order valence-electron chi connectivity index (χ4n) is 1.04. The predicted molar refractivity (Wildman–Crippen MR) is 59.4 cm³/mol. The topological polar surface area (TPSA) is 49.9 Å². The Kier molecular flexibility index (Phi) is 4.35. The molecule has 2 rings (SSSR count). The summed E-state index contributed by atoms with van der Waals surface area (Å²) in [5.74, 6) is 1.21. The first-order chi connectivity index (χ1) is 7.24. The number of benzene rings is 1. The normalized spacial score (nSPS) is 8.60. The fourth-order valence-corrected chi connectivity index (χ4v) is 1.09. The maximum atomic E-state index is 9.49. The van der Waals surface area contributed by atoms with E-state index in [1.165, 1.54) is 16.8 Å². The van der Waals surface area contributed by atoms with E-state index in [0.717, 1.165) is 0 Å². The number of rotatable bonds is 1. The van der Waals surface area contributed by atoms with Crippen molar-refractivity contribution in [3.63, 3.8) is 0 Å². The van der Waals surface area contributed by atoms with Crippen LogP contribution in [-0.4, -0.2) is 16.2 Å². The second kappa shape index (κ2) is 5.81. The zero-order valence-corrected chi connectivity index (χ0v) is 8.49. The van der Waals surface area contributed by atoms with Gasteiger partial charge in [-0.25, -0.2) is 4.79 Å². The van der Waals surface area contributed by atoms with E-state index in [1.54, 1.807) is 0 Å². The van der Waals surface area contributed by atoms with Crippen molar-refractivity contribution < 1.29 is 9.59 Å². The Hall–Kier alpha value is -1.83. The van der Waals surface area contributed by atoms with Gasteiger partial charge in [0, 0.05) is 11.7 Å². The zero-order chi connectivity index (χ0) is 11.1. The van der Waals surface area contributed by atoms with E-state index in [-0.39, 0.29) is 0 Å². The molecule has 0 spiro atoms. The van der Waals surface area contributed by atoms with E-state index < -0.39 is 5.24 Å². The summed E-state index contributed by atoms with van der Waals surface area (Å²) in [5.41, 5.74) is 1.21. The molecule has 0 amide bonds. The Morgan fingerprint density at radius 3 is 2.60 bits per heavy atom. The molecule has 2 aromatic rings. The van der Waals surface area contributed by atoms with Gasteiger partial charge in [0.05, 0.1) is 6.08 Å². The summed E-state index contributed by atoms with van der Waals surface area (Å²) >= 11 is 4.62. The predicted octanol–water partition coefficient (Wildman–Crippen LogP) is 2.31. The van der Waals surface area contributed by atoms with Crippen molar-refractivity contribution in [1.82, 2.24) is 4.98 Å². The molecule has 0 saturated carbocycles. The number of aromatic nitrogens is 1. The van der Waals surface area contributed by atoms with Crippen LogP contribution >= 0.6 is 11.6 Å². The van der Waals surface area contributed by atoms with Crippen LogP contribution in [0.15, 0.2) is 42.6 Å². The largest absolute Gasteiger partial charge is 0.361 e. The van der Waals surface area contributed by atoms with Gasteiger partial charge in [-0.15, -0.1) is 0 Å². The van der Waals surface area contributed by atoms with Gasteiger partial charge in [0.1, 0.15) is 5.94 Å². The molecule has 0 saturated heterocycles. The molecule has 1 aromatic heterocycles. The van der Waals surface area contributed by atoms with Crippen LogP contribution in [-0.2, 0) is 9.59 Å². The van der Waals surface area contributed by atoms with Crippen LogP contribution < -0.4 is 0 Å². The van der Waals surface area contributed by atoms with Gasteiger partial charge in [0.2, 0.25) is 0 Å². The molecule has 0 bridgehead atoms. The molecule has 0 fully saturated rings. The van der Waals surface area contributed by atoms with Crippen LogP contribution in [0.4, 0.5) is 0 Å². The molecule has 0 atom stereocenters. The molecule has 4 heteroatoms. The van der Waals surface area contributed by atoms with Crippen LogP contribution in [0.25, 0.3) is 10.9 Å². The van der Waals surface area contributed by atoms with Gasteiger partial charge in [-0.2, -0.15) is 0 Å². The molecule has 1 heterocycles. The molecular formula is C11H8ClNO2. The molecule has 1 N–H and O–H groups in total. The molecule has 0 radical (unpaired) electrons. The molecule has 3 nitrogen and oxygen atoms in total. The van der Waals surface area contributed by atoms with Crippen molar-refractivity contribution >= 4 is 33.7 Å². The van der Waals surface area contributed by atoms with E-state index >= 15 is 0 Å². The number of para-hydroxylation sites is 1. The molecule has 0 aliphatic heterocycles. The van der Waals surface area contributed by atoms with Crippen molar-refractivity contribution in [3.8, 4) is 0 Å². The number of carbonyl (C=O) groups is 1. The Morgan fingerprint density at radius 2 is 2.07 bits per heavy atom. The Bertz CT molecular complexity index is 468. The second-order valence-corrected chi connectivity index (χ2v) is 3.00. The van der Waals surface area contributed by atoms with Crippen LogP contribution in [0.3, 0.4) is 0 Å². The number of allylic oxidation sites excluding steroid dienone is 1. The number of fused-ring (bicyclic) bond motifs is 1. The van der Waals surface area contributed by atoms with Crippen LogP contribution in [0.5, 0.6) is 0 Å². The van der Waals surface area contributed by atoms with Gasteiger partial charge in [0.15, 0.2) is 0 Å². The minimum Gasteiger partial charge on any atom is -0.361 e. The van der Waals surface area contributed by atoms with Gasteiger partial charge in [-0.05, 0) is 29.1 Å². The van der Waals surface area contributed by atoms with Crippen molar-refractivity contribution in [2.45, 2.75) is 0 Å². The lowest BCUT2D eigenvalue weighted by atomic mass is 10.3. The number of H-pyrrole nitrogens is 1. The highest BCUT2D eigenvalue weighted by molar-refractivity contribution is 6.67. The second-order valence-electron chi connectivity index (χ2n) is 2.63. The average molecular weight is 222 g/mol. The van der Waals surface area contributed by atoms with Gasteiger partial charge >= 0.3 is 0 Å². The first kappa shape index (κ1) is 11.2. The molecule has 76 valence electrons. The number of halogens is 1. The highest BCUT2D eigenvalue weighted by Crippen LogP contribution is 2.09. The van der Waals surface area contributed by atoms with Crippen molar-refractivity contribution in [2.75, 3.05) is 0 Å². The molecule has 0 aliphatic carbocycles. The third-order valence-electron chi connectivity index (χ3n) is 1.63. The monoisotopic (exact) mass is 221 g/mol. The maximum Gasteiger partial charge on any atom is 0.256 e. The summed E-state index contributed by atoms with van der Waals surface area (Å²) < 4.78 is 0. The van der Waals surface area contributed by atoms with Gasteiger partial charge in [0.25, 0.3) is 5.24 Å². The van der Waals surface area contributed by atoms with Gasteiger partial charge in [-0.3, -0.25) is 4.79 Å². The summed E-state index contributed by atoms with van der Waals surface area (Å²) in [5, 5.41) is 0.488. The number of hydrogen-bond donors (Lipinski definition) is 1. The van der Waals surface area contributed by atoms with Crippen LogP contribution in [0.2, 0.25) is 0 Å². The molecule has 15 heavy (non-hydrogen) atoms.